The molecule has 0 saturated heterocycles. The zero-order chi connectivity index (χ0) is 22.9. The van der Waals surface area contributed by atoms with E-state index in [4.69, 9.17) is 4.74 Å². The van der Waals surface area contributed by atoms with Gasteiger partial charge in [0.05, 0.1) is 18.8 Å². The second kappa shape index (κ2) is 11.0. The second-order valence-corrected chi connectivity index (χ2v) is 8.00. The Kier molecular flexibility index (Phi) is 7.86. The zero-order valence-electron chi connectivity index (χ0n) is 18.6. The standard InChI is InChI=1S/C26H29N3O3/c1-18(2)17-32-24-10-5-4-9-23(24)29-25(30)16-27-21-11-13-22(14-12-21)28-26(31)20-8-6-7-19(3)15-20/h4-15,18,27H,16-17H2,1-3H3,(H,28,31)(H,29,30). The molecule has 0 saturated carbocycles. The van der Waals surface area contributed by atoms with Crippen LogP contribution in [0.25, 0.3) is 0 Å². The molecule has 0 atom stereocenters. The maximum atomic E-state index is 12.4. The van der Waals surface area contributed by atoms with Gasteiger partial charge >= 0.3 is 0 Å². The lowest BCUT2D eigenvalue weighted by atomic mass is 10.1. The summed E-state index contributed by atoms with van der Waals surface area (Å²) in [5.41, 5.74) is 3.75. The number of hydrogen-bond acceptors (Lipinski definition) is 4. The van der Waals surface area contributed by atoms with Crippen LogP contribution in [0.5, 0.6) is 5.75 Å². The van der Waals surface area contributed by atoms with Crippen LogP contribution in [-0.2, 0) is 4.79 Å². The quantitative estimate of drug-likeness (QED) is 0.428. The topological polar surface area (TPSA) is 79.5 Å². The van der Waals surface area contributed by atoms with Crippen LogP contribution in [0.2, 0.25) is 0 Å². The van der Waals surface area contributed by atoms with E-state index in [1.165, 1.54) is 0 Å². The molecular weight excluding hydrogens is 402 g/mol. The van der Waals surface area contributed by atoms with Crippen LogP contribution in [-0.4, -0.2) is 25.0 Å². The molecule has 3 N–H and O–H groups in total. The van der Waals surface area contributed by atoms with Crippen LogP contribution in [0.15, 0.2) is 72.8 Å². The molecule has 0 unspecified atom stereocenters. The van der Waals surface area contributed by atoms with E-state index >= 15 is 0 Å². The van der Waals surface area contributed by atoms with Gasteiger partial charge in [0.1, 0.15) is 5.75 Å². The molecule has 0 aliphatic carbocycles. The predicted molar refractivity (Wildman–Crippen MR) is 129 cm³/mol. The van der Waals surface area contributed by atoms with Crippen molar-refractivity contribution in [1.29, 1.82) is 0 Å². The van der Waals surface area contributed by atoms with E-state index in [1.54, 1.807) is 18.2 Å². The van der Waals surface area contributed by atoms with Crippen molar-refractivity contribution in [1.82, 2.24) is 0 Å². The van der Waals surface area contributed by atoms with Gasteiger partial charge in [-0.15, -0.1) is 0 Å². The van der Waals surface area contributed by atoms with Gasteiger partial charge in [0.25, 0.3) is 5.91 Å². The molecule has 2 amide bonds. The molecule has 166 valence electrons. The number of aryl methyl sites for hydroxylation is 1. The molecule has 0 heterocycles. The minimum Gasteiger partial charge on any atom is -0.491 e. The van der Waals surface area contributed by atoms with Crippen LogP contribution in [0.1, 0.15) is 29.8 Å². The van der Waals surface area contributed by atoms with Crippen molar-refractivity contribution < 1.29 is 14.3 Å². The third kappa shape index (κ3) is 6.87. The van der Waals surface area contributed by atoms with Gasteiger partial charge in [-0.3, -0.25) is 9.59 Å². The molecule has 0 aromatic heterocycles. The number of carbonyl (C=O) groups excluding carboxylic acids is 2. The number of benzene rings is 3. The maximum Gasteiger partial charge on any atom is 0.255 e. The number of hydrogen-bond donors (Lipinski definition) is 3. The van der Waals surface area contributed by atoms with Crippen molar-refractivity contribution in [3.63, 3.8) is 0 Å². The van der Waals surface area contributed by atoms with Gasteiger partial charge in [0.2, 0.25) is 5.91 Å². The normalized spacial score (nSPS) is 10.5. The van der Waals surface area contributed by atoms with Gasteiger partial charge in [-0.25, -0.2) is 0 Å². The fourth-order valence-electron chi connectivity index (χ4n) is 2.99. The summed E-state index contributed by atoms with van der Waals surface area (Å²) >= 11 is 0. The fraction of sp³-hybridized carbons (Fsp3) is 0.231. The lowest BCUT2D eigenvalue weighted by molar-refractivity contribution is -0.114. The first-order chi connectivity index (χ1) is 15.4. The van der Waals surface area contributed by atoms with Gasteiger partial charge in [0, 0.05) is 16.9 Å². The third-order valence-electron chi connectivity index (χ3n) is 4.61. The molecule has 6 heteroatoms. The molecule has 0 radical (unpaired) electrons. The first-order valence-electron chi connectivity index (χ1n) is 10.6. The van der Waals surface area contributed by atoms with E-state index in [9.17, 15) is 9.59 Å². The molecule has 0 aliphatic rings. The number of nitrogens with one attached hydrogen (secondary N) is 3. The summed E-state index contributed by atoms with van der Waals surface area (Å²) in [7, 11) is 0. The van der Waals surface area contributed by atoms with E-state index in [0.717, 1.165) is 11.3 Å². The Morgan fingerprint density at radius 1 is 0.875 bits per heavy atom. The van der Waals surface area contributed by atoms with Gasteiger partial charge in [-0.1, -0.05) is 43.7 Å². The van der Waals surface area contributed by atoms with Crippen molar-refractivity contribution in [3.05, 3.63) is 83.9 Å². The van der Waals surface area contributed by atoms with Crippen LogP contribution < -0.4 is 20.7 Å². The number of rotatable bonds is 9. The lowest BCUT2D eigenvalue weighted by Gasteiger charge is -2.14. The summed E-state index contributed by atoms with van der Waals surface area (Å²) in [6, 6.07) is 22.1. The van der Waals surface area contributed by atoms with E-state index in [0.29, 0.717) is 35.2 Å². The molecule has 3 aromatic carbocycles. The average Bonchev–Trinajstić information content (AvgIpc) is 2.78. The Labute approximate surface area is 189 Å². The molecule has 0 fully saturated rings. The SMILES string of the molecule is Cc1cccc(C(=O)Nc2ccc(NCC(=O)Nc3ccccc3OCC(C)C)cc2)c1. The fourth-order valence-corrected chi connectivity index (χ4v) is 2.99. The first kappa shape index (κ1) is 22.9. The van der Waals surface area contributed by atoms with Crippen LogP contribution in [0, 0.1) is 12.8 Å². The molecule has 0 aliphatic heterocycles. The monoisotopic (exact) mass is 431 g/mol. The predicted octanol–water partition coefficient (Wildman–Crippen LogP) is 5.33. The van der Waals surface area contributed by atoms with Crippen molar-refractivity contribution in [2.24, 2.45) is 5.92 Å². The Morgan fingerprint density at radius 2 is 1.59 bits per heavy atom. The minimum atomic E-state index is -0.178. The molecule has 0 bridgehead atoms. The van der Waals surface area contributed by atoms with Crippen molar-refractivity contribution in [2.75, 3.05) is 29.1 Å². The van der Waals surface area contributed by atoms with Gasteiger partial charge < -0.3 is 20.7 Å². The summed E-state index contributed by atoms with van der Waals surface area (Å²) in [4.78, 5) is 24.7. The van der Waals surface area contributed by atoms with Gasteiger partial charge in [0.15, 0.2) is 0 Å². The van der Waals surface area contributed by atoms with Crippen molar-refractivity contribution in [2.45, 2.75) is 20.8 Å². The Morgan fingerprint density at radius 3 is 2.31 bits per heavy atom. The smallest absolute Gasteiger partial charge is 0.255 e. The Hall–Kier alpha value is -3.80. The highest BCUT2D eigenvalue weighted by molar-refractivity contribution is 6.04. The summed E-state index contributed by atoms with van der Waals surface area (Å²) in [6.45, 7) is 6.78. The molecular formula is C26H29N3O3. The Bertz CT molecular complexity index is 1060. The highest BCUT2D eigenvalue weighted by Crippen LogP contribution is 2.24. The second-order valence-electron chi connectivity index (χ2n) is 8.00. The minimum absolute atomic E-state index is 0.105. The molecule has 32 heavy (non-hydrogen) atoms. The summed E-state index contributed by atoms with van der Waals surface area (Å²) in [5.74, 6) is 0.711. The van der Waals surface area contributed by atoms with E-state index in [2.05, 4.69) is 29.8 Å². The maximum absolute atomic E-state index is 12.4. The van der Waals surface area contributed by atoms with Crippen LogP contribution in [0.3, 0.4) is 0 Å². The summed E-state index contributed by atoms with van der Waals surface area (Å²) in [5, 5.41) is 8.85. The van der Waals surface area contributed by atoms with Crippen LogP contribution >= 0.6 is 0 Å². The van der Waals surface area contributed by atoms with Crippen molar-refractivity contribution in [3.8, 4) is 5.75 Å². The number of amides is 2. The number of anilines is 3. The summed E-state index contributed by atoms with van der Waals surface area (Å²) in [6.07, 6.45) is 0. The van der Waals surface area contributed by atoms with Gasteiger partial charge in [-0.2, -0.15) is 0 Å². The van der Waals surface area contributed by atoms with Gasteiger partial charge in [-0.05, 0) is 61.4 Å². The molecule has 6 nitrogen and oxygen atoms in total. The highest BCUT2D eigenvalue weighted by Gasteiger charge is 2.09. The average molecular weight is 432 g/mol. The molecule has 3 rings (SSSR count). The molecule has 0 spiro atoms. The number of para-hydroxylation sites is 2. The van der Waals surface area contributed by atoms with Crippen LogP contribution in [0.4, 0.5) is 17.1 Å². The first-order valence-corrected chi connectivity index (χ1v) is 10.6. The lowest BCUT2D eigenvalue weighted by Crippen LogP contribution is -2.22. The molecule has 3 aromatic rings. The zero-order valence-corrected chi connectivity index (χ0v) is 18.6. The third-order valence-corrected chi connectivity index (χ3v) is 4.61. The largest absolute Gasteiger partial charge is 0.491 e. The highest BCUT2D eigenvalue weighted by atomic mass is 16.5. The van der Waals surface area contributed by atoms with E-state index in [1.807, 2.05) is 61.5 Å². The summed E-state index contributed by atoms with van der Waals surface area (Å²) < 4.78 is 5.78. The Balaban J connectivity index is 1.51. The van der Waals surface area contributed by atoms with Crippen molar-refractivity contribution >= 4 is 28.9 Å². The number of carbonyl (C=O) groups is 2. The van der Waals surface area contributed by atoms with E-state index < -0.39 is 0 Å². The number of ether oxygens (including phenoxy) is 1. The van der Waals surface area contributed by atoms with E-state index in [-0.39, 0.29) is 18.4 Å².